The van der Waals surface area contributed by atoms with Gasteiger partial charge in [0.2, 0.25) is 6.36 Å². The van der Waals surface area contributed by atoms with Gasteiger partial charge in [0, 0.05) is 25.9 Å². The zero-order valence-electron chi connectivity index (χ0n) is 11.0. The van der Waals surface area contributed by atoms with Gasteiger partial charge in [-0.3, -0.25) is 0 Å². The van der Waals surface area contributed by atoms with E-state index in [-0.39, 0.29) is 5.41 Å². The van der Waals surface area contributed by atoms with Gasteiger partial charge in [-0.1, -0.05) is 0 Å². The van der Waals surface area contributed by atoms with Gasteiger partial charge in [-0.15, -0.1) is 0 Å². The molecule has 0 aliphatic carbocycles. The topological polar surface area (TPSA) is 50.5 Å². The van der Waals surface area contributed by atoms with E-state index in [4.69, 9.17) is 10.5 Å². The van der Waals surface area contributed by atoms with Crippen molar-refractivity contribution in [3.8, 4) is 0 Å². The maximum absolute atomic E-state index is 12.7. The Labute approximate surface area is 103 Å². The van der Waals surface area contributed by atoms with E-state index in [1.807, 2.05) is 7.05 Å². The van der Waals surface area contributed by atoms with Crippen molar-refractivity contribution in [3.63, 3.8) is 0 Å². The molecule has 1 atom stereocenters. The molecule has 5 heteroatoms. The van der Waals surface area contributed by atoms with Crippen LogP contribution < -0.4 is 11.1 Å². The number of halogens is 1. The van der Waals surface area contributed by atoms with Crippen LogP contribution in [0.1, 0.15) is 19.8 Å². The van der Waals surface area contributed by atoms with Gasteiger partial charge < -0.3 is 20.7 Å². The highest BCUT2D eigenvalue weighted by Gasteiger charge is 2.36. The first-order chi connectivity index (χ1) is 8.04. The first kappa shape index (κ1) is 14.3. The highest BCUT2D eigenvalue weighted by atomic mass is 19.1. The number of nitrogens with one attached hydrogen (secondary N) is 1. The highest BCUT2D eigenvalue weighted by molar-refractivity contribution is 5.13. The second kappa shape index (κ2) is 6.21. The van der Waals surface area contributed by atoms with Crippen LogP contribution in [0.5, 0.6) is 0 Å². The summed E-state index contributed by atoms with van der Waals surface area (Å²) in [6.45, 7) is 3.92. The van der Waals surface area contributed by atoms with E-state index < -0.39 is 6.36 Å². The molecule has 0 aromatic rings. The Balaban J connectivity index is 2.78. The molecule has 17 heavy (non-hydrogen) atoms. The van der Waals surface area contributed by atoms with Gasteiger partial charge in [-0.05, 0) is 33.0 Å². The Kier molecular flexibility index (Phi) is 5.21. The summed E-state index contributed by atoms with van der Waals surface area (Å²) in [7, 11) is 3.93. The van der Waals surface area contributed by atoms with E-state index in [1.54, 1.807) is 0 Å². The van der Waals surface area contributed by atoms with Crippen molar-refractivity contribution in [2.75, 3.05) is 33.7 Å². The molecule has 0 aromatic carbocycles. The second-order valence-corrected chi connectivity index (χ2v) is 4.75. The van der Waals surface area contributed by atoms with E-state index in [1.165, 1.54) is 13.2 Å². The van der Waals surface area contributed by atoms with Crippen LogP contribution in [0.25, 0.3) is 0 Å². The van der Waals surface area contributed by atoms with Crippen LogP contribution in [0.15, 0.2) is 12.0 Å². The fourth-order valence-electron chi connectivity index (χ4n) is 2.24. The second-order valence-electron chi connectivity index (χ2n) is 4.75. The fraction of sp³-hybridized carbons (Fsp3) is 0.833. The first-order valence-electron chi connectivity index (χ1n) is 6.10. The fourth-order valence-corrected chi connectivity index (χ4v) is 2.24. The zero-order chi connectivity index (χ0) is 12.9. The molecule has 0 amide bonds. The van der Waals surface area contributed by atoms with E-state index >= 15 is 0 Å². The van der Waals surface area contributed by atoms with E-state index in [9.17, 15) is 4.39 Å². The molecule has 0 aromatic heterocycles. The number of hydrogen-bond donors (Lipinski definition) is 2. The Morgan fingerprint density at radius 3 is 2.59 bits per heavy atom. The summed E-state index contributed by atoms with van der Waals surface area (Å²) in [4.78, 5) is 2.28. The summed E-state index contributed by atoms with van der Waals surface area (Å²) in [5, 5.41) is 3.10. The quantitative estimate of drug-likeness (QED) is 0.711. The normalized spacial score (nSPS) is 23.2. The first-order valence-corrected chi connectivity index (χ1v) is 6.10. The third-order valence-electron chi connectivity index (χ3n) is 3.55. The summed E-state index contributed by atoms with van der Waals surface area (Å²) in [6, 6.07) is 0. The van der Waals surface area contributed by atoms with Gasteiger partial charge in [-0.2, -0.15) is 0 Å². The third-order valence-corrected chi connectivity index (χ3v) is 3.55. The molecule has 1 rings (SSSR count). The van der Waals surface area contributed by atoms with E-state index in [0.717, 1.165) is 31.6 Å². The van der Waals surface area contributed by atoms with Gasteiger partial charge in [0.05, 0.1) is 5.70 Å². The van der Waals surface area contributed by atoms with Crippen molar-refractivity contribution in [3.05, 3.63) is 12.0 Å². The van der Waals surface area contributed by atoms with Crippen LogP contribution in [0, 0.1) is 5.41 Å². The lowest BCUT2D eigenvalue weighted by molar-refractivity contribution is 0.0357. The summed E-state index contributed by atoms with van der Waals surface area (Å²) < 4.78 is 17.7. The standard InChI is InChI=1S/C12H24FN3O/c1-10(13)17-8-11(15-2)12(9-14)4-6-16(3)7-5-12/h8,10,15H,4-7,9,14H2,1-3H3/b11-8-. The molecular formula is C12H24FN3O. The molecule has 4 nitrogen and oxygen atoms in total. The Morgan fingerprint density at radius 1 is 1.59 bits per heavy atom. The lowest BCUT2D eigenvalue weighted by Crippen LogP contribution is -2.46. The number of piperidine rings is 1. The third kappa shape index (κ3) is 3.57. The summed E-state index contributed by atoms with van der Waals surface area (Å²) in [5.74, 6) is 0. The molecule has 100 valence electrons. The van der Waals surface area contributed by atoms with Crippen LogP contribution in [0.4, 0.5) is 4.39 Å². The van der Waals surface area contributed by atoms with Crippen molar-refractivity contribution in [2.45, 2.75) is 26.1 Å². The van der Waals surface area contributed by atoms with Crippen LogP contribution in [0.2, 0.25) is 0 Å². The Hall–Kier alpha value is -0.810. The number of rotatable bonds is 5. The highest BCUT2D eigenvalue weighted by Crippen LogP contribution is 2.36. The van der Waals surface area contributed by atoms with Crippen molar-refractivity contribution >= 4 is 0 Å². The summed E-state index contributed by atoms with van der Waals surface area (Å²) in [5.41, 5.74) is 6.72. The molecule has 0 radical (unpaired) electrons. The largest absolute Gasteiger partial charge is 0.467 e. The molecule has 1 saturated heterocycles. The minimum absolute atomic E-state index is 0.101. The van der Waals surface area contributed by atoms with Crippen LogP contribution >= 0.6 is 0 Å². The van der Waals surface area contributed by atoms with Gasteiger partial charge in [0.15, 0.2) is 0 Å². The molecule has 1 aliphatic rings. The van der Waals surface area contributed by atoms with Crippen molar-refractivity contribution in [2.24, 2.45) is 11.1 Å². The molecule has 0 bridgehead atoms. The number of ether oxygens (including phenoxy) is 1. The van der Waals surface area contributed by atoms with Crippen LogP contribution in [-0.2, 0) is 4.74 Å². The predicted octanol–water partition coefficient (Wildman–Crippen LogP) is 1.05. The molecule has 1 heterocycles. The molecule has 1 fully saturated rings. The molecular weight excluding hydrogens is 221 g/mol. The maximum atomic E-state index is 12.7. The van der Waals surface area contributed by atoms with Crippen molar-refractivity contribution in [1.29, 1.82) is 0 Å². The molecule has 1 aliphatic heterocycles. The monoisotopic (exact) mass is 245 g/mol. The SMILES string of the molecule is CN/C(=C\OC(C)F)C1(CN)CCN(C)CC1. The van der Waals surface area contributed by atoms with Gasteiger partial charge in [0.25, 0.3) is 0 Å². The number of alkyl halides is 1. The molecule has 3 N–H and O–H groups in total. The number of nitrogens with zero attached hydrogens (tertiary/aromatic N) is 1. The minimum atomic E-state index is -1.29. The van der Waals surface area contributed by atoms with Crippen LogP contribution in [-0.4, -0.2) is 45.0 Å². The maximum Gasteiger partial charge on any atom is 0.235 e. The smallest absolute Gasteiger partial charge is 0.235 e. The minimum Gasteiger partial charge on any atom is -0.467 e. The lowest BCUT2D eigenvalue weighted by Gasteiger charge is -2.41. The lowest BCUT2D eigenvalue weighted by atomic mass is 9.76. The Bertz CT molecular complexity index is 260. The van der Waals surface area contributed by atoms with Crippen LogP contribution in [0.3, 0.4) is 0 Å². The number of hydrogen-bond acceptors (Lipinski definition) is 4. The van der Waals surface area contributed by atoms with Gasteiger partial charge >= 0.3 is 0 Å². The molecule has 0 saturated carbocycles. The van der Waals surface area contributed by atoms with Crippen molar-refractivity contribution in [1.82, 2.24) is 10.2 Å². The summed E-state index contributed by atoms with van der Waals surface area (Å²) >= 11 is 0. The van der Waals surface area contributed by atoms with Crippen molar-refractivity contribution < 1.29 is 9.13 Å². The predicted molar refractivity (Wildman–Crippen MR) is 67.0 cm³/mol. The number of likely N-dealkylation sites (tertiary alicyclic amines) is 1. The summed E-state index contributed by atoms with van der Waals surface area (Å²) in [6.07, 6.45) is 2.13. The Morgan fingerprint density at radius 2 is 2.18 bits per heavy atom. The number of nitrogens with two attached hydrogens (primary N) is 1. The molecule has 1 unspecified atom stereocenters. The molecule has 0 spiro atoms. The zero-order valence-corrected chi connectivity index (χ0v) is 11.0. The van der Waals surface area contributed by atoms with Gasteiger partial charge in [0.1, 0.15) is 6.26 Å². The average molecular weight is 245 g/mol. The average Bonchev–Trinajstić information content (AvgIpc) is 2.32. The van der Waals surface area contributed by atoms with E-state index in [2.05, 4.69) is 17.3 Å². The van der Waals surface area contributed by atoms with Gasteiger partial charge in [-0.25, -0.2) is 4.39 Å². The van der Waals surface area contributed by atoms with E-state index in [0.29, 0.717) is 6.54 Å².